The number of pyridine rings is 1. The van der Waals surface area contributed by atoms with Gasteiger partial charge >= 0.3 is 0 Å². The molecule has 1 fully saturated rings. The normalized spacial score (nSPS) is 17.9. The van der Waals surface area contributed by atoms with Gasteiger partial charge < -0.3 is 15.2 Å². The Balaban J connectivity index is 1.91. The van der Waals surface area contributed by atoms with Gasteiger partial charge in [0.25, 0.3) is 12.0 Å². The number of halogens is 2. The number of nitrogens with zero attached hydrogens (tertiary/aromatic N) is 2. The maximum Gasteiger partial charge on any atom is 0.263 e. The largest absolute Gasteiger partial charge is 0.356 e. The zero-order chi connectivity index (χ0) is 23.4. The van der Waals surface area contributed by atoms with Gasteiger partial charge in [-0.15, -0.1) is 0 Å². The Labute approximate surface area is 184 Å². The average molecular weight is 444 g/mol. The summed E-state index contributed by atoms with van der Waals surface area (Å²) in [6, 6.07) is 5.71. The lowest BCUT2D eigenvalue weighted by Crippen LogP contribution is -2.43. The van der Waals surface area contributed by atoms with Crippen molar-refractivity contribution in [1.29, 1.82) is 5.26 Å². The third-order valence-corrected chi connectivity index (χ3v) is 5.70. The van der Waals surface area contributed by atoms with E-state index in [0.717, 1.165) is 6.07 Å². The zero-order valence-corrected chi connectivity index (χ0v) is 18.0. The van der Waals surface area contributed by atoms with Crippen LogP contribution in [0.5, 0.6) is 0 Å². The fourth-order valence-corrected chi connectivity index (χ4v) is 4.01. The SMILES string of the molecule is CC(C)C[C@@H](C(=O)N[C@H](C#N)C[C@@H]1CCNC1=O)n1ccc2ccc(C(F)F)cc2c1=O. The second-order valence-corrected chi connectivity index (χ2v) is 8.52. The van der Waals surface area contributed by atoms with E-state index >= 15 is 0 Å². The summed E-state index contributed by atoms with van der Waals surface area (Å²) in [5, 5.41) is 15.5. The molecule has 2 heterocycles. The highest BCUT2D eigenvalue weighted by molar-refractivity contribution is 5.84. The monoisotopic (exact) mass is 444 g/mol. The molecule has 0 aliphatic carbocycles. The highest BCUT2D eigenvalue weighted by atomic mass is 19.3. The number of carbonyl (C=O) groups is 2. The first-order valence-electron chi connectivity index (χ1n) is 10.6. The van der Waals surface area contributed by atoms with Crippen LogP contribution < -0.4 is 16.2 Å². The molecular formula is C23H26F2N4O3. The van der Waals surface area contributed by atoms with Gasteiger partial charge in [0.2, 0.25) is 11.8 Å². The van der Waals surface area contributed by atoms with E-state index in [1.807, 2.05) is 19.9 Å². The molecule has 3 rings (SSSR count). The minimum absolute atomic E-state index is 0.0434. The van der Waals surface area contributed by atoms with Gasteiger partial charge in [-0.2, -0.15) is 5.26 Å². The van der Waals surface area contributed by atoms with E-state index in [-0.39, 0.29) is 35.1 Å². The van der Waals surface area contributed by atoms with E-state index in [9.17, 15) is 28.4 Å². The highest BCUT2D eigenvalue weighted by Crippen LogP contribution is 2.24. The first kappa shape index (κ1) is 23.4. The van der Waals surface area contributed by atoms with E-state index < -0.39 is 30.0 Å². The van der Waals surface area contributed by atoms with Crippen LogP contribution >= 0.6 is 0 Å². The van der Waals surface area contributed by atoms with Gasteiger partial charge in [-0.1, -0.05) is 26.0 Å². The molecule has 2 N–H and O–H groups in total. The number of fused-ring (bicyclic) bond motifs is 1. The van der Waals surface area contributed by atoms with Crippen LogP contribution in [0.4, 0.5) is 8.78 Å². The third kappa shape index (κ3) is 5.13. The van der Waals surface area contributed by atoms with E-state index in [1.54, 1.807) is 6.07 Å². The maximum atomic E-state index is 13.1. The number of rotatable bonds is 8. The van der Waals surface area contributed by atoms with E-state index in [4.69, 9.17) is 0 Å². The number of hydrogen-bond donors (Lipinski definition) is 2. The lowest BCUT2D eigenvalue weighted by molar-refractivity contribution is -0.126. The molecule has 0 bridgehead atoms. The molecule has 170 valence electrons. The predicted molar refractivity (Wildman–Crippen MR) is 115 cm³/mol. The number of hydrogen-bond acceptors (Lipinski definition) is 4. The summed E-state index contributed by atoms with van der Waals surface area (Å²) in [7, 11) is 0. The smallest absolute Gasteiger partial charge is 0.263 e. The third-order valence-electron chi connectivity index (χ3n) is 5.70. The second kappa shape index (κ2) is 9.90. The van der Waals surface area contributed by atoms with Gasteiger partial charge in [-0.3, -0.25) is 14.4 Å². The molecule has 1 aliphatic rings. The molecule has 0 saturated carbocycles. The van der Waals surface area contributed by atoms with Gasteiger partial charge in [0.15, 0.2) is 0 Å². The van der Waals surface area contributed by atoms with Crippen LogP contribution in [0, 0.1) is 23.2 Å². The summed E-state index contributed by atoms with van der Waals surface area (Å²) in [6.07, 6.45) is -0.142. The molecule has 1 saturated heterocycles. The van der Waals surface area contributed by atoms with Crippen molar-refractivity contribution >= 4 is 22.6 Å². The van der Waals surface area contributed by atoms with Crippen molar-refractivity contribution in [3.8, 4) is 6.07 Å². The van der Waals surface area contributed by atoms with Crippen molar-refractivity contribution in [1.82, 2.24) is 15.2 Å². The van der Waals surface area contributed by atoms with Crippen LogP contribution in [-0.4, -0.2) is 29.0 Å². The Bertz CT molecular complexity index is 1110. The topological polar surface area (TPSA) is 104 Å². The molecule has 2 aromatic rings. The van der Waals surface area contributed by atoms with Crippen LogP contribution in [0.2, 0.25) is 0 Å². The first-order valence-corrected chi connectivity index (χ1v) is 10.6. The molecule has 1 aromatic heterocycles. The number of nitriles is 1. The summed E-state index contributed by atoms with van der Waals surface area (Å²) < 4.78 is 27.5. The molecule has 9 heteroatoms. The van der Waals surface area contributed by atoms with Crippen molar-refractivity contribution in [3.63, 3.8) is 0 Å². The molecule has 32 heavy (non-hydrogen) atoms. The Kier molecular flexibility index (Phi) is 7.23. The number of benzene rings is 1. The molecule has 0 unspecified atom stereocenters. The van der Waals surface area contributed by atoms with Crippen molar-refractivity contribution < 1.29 is 18.4 Å². The van der Waals surface area contributed by atoms with Gasteiger partial charge in [0.05, 0.1) is 6.07 Å². The number of nitrogens with one attached hydrogen (secondary N) is 2. The maximum absolute atomic E-state index is 13.1. The Morgan fingerprint density at radius 3 is 2.66 bits per heavy atom. The van der Waals surface area contributed by atoms with Crippen molar-refractivity contribution in [2.75, 3.05) is 6.54 Å². The average Bonchev–Trinajstić information content (AvgIpc) is 3.16. The van der Waals surface area contributed by atoms with Gasteiger partial charge in [-0.05, 0) is 42.7 Å². The van der Waals surface area contributed by atoms with Gasteiger partial charge in [-0.25, -0.2) is 8.78 Å². The number of alkyl halides is 2. The summed E-state index contributed by atoms with van der Waals surface area (Å²) in [5.74, 6) is -0.963. The van der Waals surface area contributed by atoms with E-state index in [0.29, 0.717) is 24.8 Å². The summed E-state index contributed by atoms with van der Waals surface area (Å²) in [6.45, 7) is 4.33. The molecule has 0 spiro atoms. The minimum atomic E-state index is -2.72. The quantitative estimate of drug-likeness (QED) is 0.653. The molecule has 2 amide bonds. The molecule has 1 aromatic carbocycles. The van der Waals surface area contributed by atoms with Crippen molar-refractivity contribution in [2.24, 2.45) is 11.8 Å². The molecule has 3 atom stereocenters. The Hall–Kier alpha value is -3.28. The van der Waals surface area contributed by atoms with Crippen molar-refractivity contribution in [2.45, 2.75) is 51.6 Å². The molecule has 7 nitrogen and oxygen atoms in total. The number of aromatic nitrogens is 1. The highest BCUT2D eigenvalue weighted by Gasteiger charge is 2.30. The molecule has 1 aliphatic heterocycles. The minimum Gasteiger partial charge on any atom is -0.356 e. The Morgan fingerprint density at radius 2 is 2.06 bits per heavy atom. The second-order valence-electron chi connectivity index (χ2n) is 8.52. The lowest BCUT2D eigenvalue weighted by atomic mass is 9.97. The number of carbonyl (C=O) groups excluding carboxylic acids is 2. The standard InChI is InChI=1S/C23H26F2N4O3/c1-13(2)9-19(22(31)28-17(12-26)10-16-5-7-27-21(16)30)29-8-6-14-3-4-15(20(24)25)11-18(14)23(29)32/h3-4,6,8,11,13,16-17,19-20H,5,7,9-10H2,1-2H3,(H,27,30)(H,28,31)/t16-,17-,19-/m0/s1. The lowest BCUT2D eigenvalue weighted by Gasteiger charge is -2.23. The van der Waals surface area contributed by atoms with Crippen LogP contribution in [-0.2, 0) is 9.59 Å². The summed E-state index contributed by atoms with van der Waals surface area (Å²) >= 11 is 0. The molecular weight excluding hydrogens is 418 g/mol. The van der Waals surface area contributed by atoms with Crippen LogP contribution in [0.15, 0.2) is 35.3 Å². The predicted octanol–water partition coefficient (Wildman–Crippen LogP) is 3.06. The number of amides is 2. The summed E-state index contributed by atoms with van der Waals surface area (Å²) in [4.78, 5) is 38.1. The van der Waals surface area contributed by atoms with Crippen molar-refractivity contribution in [3.05, 3.63) is 46.4 Å². The van der Waals surface area contributed by atoms with Gasteiger partial charge in [0, 0.05) is 29.6 Å². The summed E-state index contributed by atoms with van der Waals surface area (Å²) in [5.41, 5.74) is -0.814. The van der Waals surface area contributed by atoms with E-state index in [1.165, 1.54) is 22.9 Å². The molecule has 0 radical (unpaired) electrons. The fraction of sp³-hybridized carbons (Fsp3) is 0.478. The zero-order valence-electron chi connectivity index (χ0n) is 18.0. The van der Waals surface area contributed by atoms with Crippen LogP contribution in [0.25, 0.3) is 10.8 Å². The Morgan fingerprint density at radius 1 is 1.31 bits per heavy atom. The first-order chi connectivity index (χ1) is 15.2. The fourth-order valence-electron chi connectivity index (χ4n) is 4.01. The van der Waals surface area contributed by atoms with Crippen LogP contribution in [0.3, 0.4) is 0 Å². The van der Waals surface area contributed by atoms with Gasteiger partial charge in [0.1, 0.15) is 12.1 Å². The van der Waals surface area contributed by atoms with Crippen LogP contribution in [0.1, 0.15) is 51.1 Å². The van der Waals surface area contributed by atoms with E-state index in [2.05, 4.69) is 10.6 Å².